The van der Waals surface area contributed by atoms with E-state index in [1.54, 1.807) is 6.20 Å². The lowest BCUT2D eigenvalue weighted by Gasteiger charge is -2.19. The Labute approximate surface area is 123 Å². The van der Waals surface area contributed by atoms with Crippen LogP contribution in [0.3, 0.4) is 0 Å². The molecule has 1 aromatic heterocycles. The van der Waals surface area contributed by atoms with Crippen LogP contribution >= 0.6 is 0 Å². The van der Waals surface area contributed by atoms with Gasteiger partial charge in [0.05, 0.1) is 16.8 Å². The van der Waals surface area contributed by atoms with Crippen LogP contribution in [0.15, 0.2) is 60.8 Å². The first-order valence-electron chi connectivity index (χ1n) is 6.83. The quantitative estimate of drug-likeness (QED) is 0.686. The van der Waals surface area contributed by atoms with Crippen molar-refractivity contribution in [3.63, 3.8) is 0 Å². The fraction of sp³-hybridized carbons (Fsp3) is 0.111. The average Bonchev–Trinajstić information content (AvgIpc) is 2.53. The molecule has 0 atom stereocenters. The molecule has 3 aromatic rings. The predicted octanol–water partition coefficient (Wildman–Crippen LogP) is 3.53. The molecule has 2 aromatic carbocycles. The van der Waals surface area contributed by atoms with Gasteiger partial charge >= 0.3 is 0 Å². The van der Waals surface area contributed by atoms with E-state index < -0.39 is 0 Å². The van der Waals surface area contributed by atoms with E-state index in [9.17, 15) is 4.79 Å². The van der Waals surface area contributed by atoms with Crippen LogP contribution < -0.4 is 4.90 Å². The van der Waals surface area contributed by atoms with Crippen molar-refractivity contribution in [3.8, 4) is 0 Å². The summed E-state index contributed by atoms with van der Waals surface area (Å²) in [5.74, 6) is -0.00227. The van der Waals surface area contributed by atoms with Gasteiger partial charge in [0, 0.05) is 31.2 Å². The molecule has 0 radical (unpaired) electrons. The number of ketones is 1. The van der Waals surface area contributed by atoms with Gasteiger partial charge in [0.15, 0.2) is 5.78 Å². The molecular formula is C18H16N2O. The number of aromatic nitrogens is 1. The first-order valence-corrected chi connectivity index (χ1v) is 6.83. The standard InChI is InChI=1S/C18H16N2O/c1-20(2)17-14-10-6-7-11-16(14)19-12-15(17)18(21)13-8-4-3-5-9-13/h3-12H,1-2H3. The van der Waals surface area contributed by atoms with Gasteiger partial charge < -0.3 is 4.90 Å². The van der Waals surface area contributed by atoms with Gasteiger partial charge in [-0.25, -0.2) is 0 Å². The lowest BCUT2D eigenvalue weighted by Crippen LogP contribution is -2.15. The molecular weight excluding hydrogens is 260 g/mol. The summed E-state index contributed by atoms with van der Waals surface area (Å²) in [5, 5.41) is 0.990. The Kier molecular flexibility index (Phi) is 3.40. The molecule has 0 saturated heterocycles. The highest BCUT2D eigenvalue weighted by Gasteiger charge is 2.18. The number of fused-ring (bicyclic) bond motifs is 1. The molecule has 3 nitrogen and oxygen atoms in total. The van der Waals surface area contributed by atoms with E-state index in [0.29, 0.717) is 11.1 Å². The van der Waals surface area contributed by atoms with Crippen molar-refractivity contribution in [2.24, 2.45) is 0 Å². The van der Waals surface area contributed by atoms with E-state index in [1.807, 2.05) is 73.6 Å². The lowest BCUT2D eigenvalue weighted by atomic mass is 10.0. The van der Waals surface area contributed by atoms with Crippen molar-refractivity contribution >= 4 is 22.4 Å². The van der Waals surface area contributed by atoms with Crippen molar-refractivity contribution in [1.82, 2.24) is 4.98 Å². The summed E-state index contributed by atoms with van der Waals surface area (Å²) in [7, 11) is 3.90. The molecule has 21 heavy (non-hydrogen) atoms. The highest BCUT2D eigenvalue weighted by atomic mass is 16.1. The summed E-state index contributed by atoms with van der Waals surface area (Å²) in [6, 6.07) is 17.2. The highest BCUT2D eigenvalue weighted by molar-refractivity contribution is 6.15. The van der Waals surface area contributed by atoms with Crippen LogP contribution in [0.4, 0.5) is 5.69 Å². The average molecular weight is 276 g/mol. The Morgan fingerprint density at radius 1 is 0.952 bits per heavy atom. The number of rotatable bonds is 3. The molecule has 0 aliphatic rings. The minimum absolute atomic E-state index is 0.00227. The molecule has 0 aliphatic carbocycles. The summed E-state index contributed by atoms with van der Waals surface area (Å²) in [5.41, 5.74) is 3.11. The zero-order valence-corrected chi connectivity index (χ0v) is 12.1. The van der Waals surface area contributed by atoms with Gasteiger partial charge in [-0.3, -0.25) is 9.78 Å². The number of carbonyl (C=O) groups excluding carboxylic acids is 1. The van der Waals surface area contributed by atoms with Gasteiger partial charge in [0.25, 0.3) is 0 Å². The molecule has 0 spiro atoms. The number of hydrogen-bond donors (Lipinski definition) is 0. The van der Waals surface area contributed by atoms with Gasteiger partial charge in [-0.1, -0.05) is 48.5 Å². The number of hydrogen-bond acceptors (Lipinski definition) is 3. The summed E-state index contributed by atoms with van der Waals surface area (Å²) < 4.78 is 0. The minimum Gasteiger partial charge on any atom is -0.376 e. The smallest absolute Gasteiger partial charge is 0.196 e. The first-order chi connectivity index (χ1) is 10.2. The van der Waals surface area contributed by atoms with E-state index in [0.717, 1.165) is 16.6 Å². The molecule has 0 bridgehead atoms. The van der Waals surface area contributed by atoms with E-state index in [2.05, 4.69) is 4.98 Å². The second kappa shape index (κ2) is 5.37. The van der Waals surface area contributed by atoms with Crippen molar-refractivity contribution in [2.75, 3.05) is 19.0 Å². The molecule has 3 heteroatoms. The van der Waals surface area contributed by atoms with Crippen LogP contribution in [-0.2, 0) is 0 Å². The zero-order valence-electron chi connectivity index (χ0n) is 12.1. The number of benzene rings is 2. The molecule has 0 amide bonds. The summed E-state index contributed by atoms with van der Waals surface area (Å²) >= 11 is 0. The maximum atomic E-state index is 12.7. The summed E-state index contributed by atoms with van der Waals surface area (Å²) in [6.07, 6.45) is 1.67. The molecule has 1 heterocycles. The predicted molar refractivity (Wildman–Crippen MR) is 85.9 cm³/mol. The minimum atomic E-state index is -0.00227. The number of nitrogens with zero attached hydrogens (tertiary/aromatic N) is 2. The van der Waals surface area contributed by atoms with Crippen LogP contribution in [0.1, 0.15) is 15.9 Å². The van der Waals surface area contributed by atoms with Gasteiger partial charge in [-0.15, -0.1) is 0 Å². The van der Waals surface area contributed by atoms with E-state index in [1.165, 1.54) is 0 Å². The third kappa shape index (κ3) is 2.38. The molecule has 0 saturated carbocycles. The fourth-order valence-electron chi connectivity index (χ4n) is 2.52. The number of pyridine rings is 1. The Balaban J connectivity index is 2.23. The largest absolute Gasteiger partial charge is 0.376 e. The van der Waals surface area contributed by atoms with Gasteiger partial charge in [0.2, 0.25) is 0 Å². The number of para-hydroxylation sites is 1. The Hall–Kier alpha value is -2.68. The lowest BCUT2D eigenvalue weighted by molar-refractivity contribution is 0.103. The Bertz CT molecular complexity index is 795. The van der Waals surface area contributed by atoms with Gasteiger partial charge in [0.1, 0.15) is 0 Å². The summed E-state index contributed by atoms with van der Waals surface area (Å²) in [4.78, 5) is 19.1. The first kappa shape index (κ1) is 13.3. The van der Waals surface area contributed by atoms with Crippen molar-refractivity contribution in [1.29, 1.82) is 0 Å². The summed E-state index contributed by atoms with van der Waals surface area (Å²) in [6.45, 7) is 0. The molecule has 3 rings (SSSR count). The molecule has 0 N–H and O–H groups in total. The Morgan fingerprint density at radius 3 is 2.33 bits per heavy atom. The third-order valence-corrected chi connectivity index (χ3v) is 3.47. The van der Waals surface area contributed by atoms with Crippen LogP contribution in [0.2, 0.25) is 0 Å². The second-order valence-corrected chi connectivity index (χ2v) is 5.13. The third-order valence-electron chi connectivity index (χ3n) is 3.47. The van der Waals surface area contributed by atoms with Crippen molar-refractivity contribution in [3.05, 3.63) is 71.9 Å². The molecule has 0 fully saturated rings. The Morgan fingerprint density at radius 2 is 1.62 bits per heavy atom. The van der Waals surface area contributed by atoms with Crippen LogP contribution in [0.25, 0.3) is 10.9 Å². The highest BCUT2D eigenvalue weighted by Crippen LogP contribution is 2.29. The number of carbonyl (C=O) groups is 1. The van der Waals surface area contributed by atoms with Crippen LogP contribution in [0.5, 0.6) is 0 Å². The van der Waals surface area contributed by atoms with Crippen molar-refractivity contribution in [2.45, 2.75) is 0 Å². The van der Waals surface area contributed by atoms with Gasteiger partial charge in [-0.2, -0.15) is 0 Å². The molecule has 104 valence electrons. The molecule has 0 aliphatic heterocycles. The molecule has 0 unspecified atom stereocenters. The SMILES string of the molecule is CN(C)c1c(C(=O)c2ccccc2)cnc2ccccc12. The normalized spacial score (nSPS) is 10.6. The zero-order chi connectivity index (χ0) is 14.8. The maximum Gasteiger partial charge on any atom is 0.196 e. The van der Waals surface area contributed by atoms with E-state index in [-0.39, 0.29) is 5.78 Å². The maximum absolute atomic E-state index is 12.7. The topological polar surface area (TPSA) is 33.2 Å². The van der Waals surface area contributed by atoms with E-state index in [4.69, 9.17) is 0 Å². The monoisotopic (exact) mass is 276 g/mol. The van der Waals surface area contributed by atoms with Crippen molar-refractivity contribution < 1.29 is 4.79 Å². The van der Waals surface area contributed by atoms with Crippen LogP contribution in [0, 0.1) is 0 Å². The van der Waals surface area contributed by atoms with E-state index >= 15 is 0 Å². The fourth-order valence-corrected chi connectivity index (χ4v) is 2.52. The van der Waals surface area contributed by atoms with Crippen LogP contribution in [-0.4, -0.2) is 24.9 Å². The number of anilines is 1. The second-order valence-electron chi connectivity index (χ2n) is 5.13. The van der Waals surface area contributed by atoms with Gasteiger partial charge in [-0.05, 0) is 6.07 Å².